The first kappa shape index (κ1) is 15.0. The van der Waals surface area contributed by atoms with E-state index in [0.29, 0.717) is 5.92 Å². The molecule has 1 nitrogen and oxygen atoms in total. The molecule has 1 rings (SSSR count). The van der Waals surface area contributed by atoms with Gasteiger partial charge in [-0.15, -0.1) is 0 Å². The van der Waals surface area contributed by atoms with Crippen LogP contribution < -0.4 is 0 Å². The molecular weight excluding hydrogens is 208 g/mol. The molecule has 1 N–H and O–H groups in total. The van der Waals surface area contributed by atoms with Gasteiger partial charge in [-0.3, -0.25) is 0 Å². The summed E-state index contributed by atoms with van der Waals surface area (Å²) in [5, 5.41) is 10.0. The Morgan fingerprint density at radius 2 is 1.47 bits per heavy atom. The number of hydrogen-bond donors (Lipinski definition) is 1. The van der Waals surface area contributed by atoms with Gasteiger partial charge < -0.3 is 5.11 Å². The standard InChI is InChI=1S/C16H32O/c1-3-4-5-6-7-8-9-10-11-16(17)14(2)15-12-13-15/h14-17H,3-13H2,1-2H3. The van der Waals surface area contributed by atoms with Gasteiger partial charge in [0.15, 0.2) is 0 Å². The van der Waals surface area contributed by atoms with E-state index < -0.39 is 0 Å². The van der Waals surface area contributed by atoms with E-state index in [-0.39, 0.29) is 6.10 Å². The van der Waals surface area contributed by atoms with Crippen molar-refractivity contribution >= 4 is 0 Å². The predicted octanol–water partition coefficient (Wildman–Crippen LogP) is 4.92. The monoisotopic (exact) mass is 240 g/mol. The number of aliphatic hydroxyl groups is 1. The van der Waals surface area contributed by atoms with Gasteiger partial charge in [-0.25, -0.2) is 0 Å². The highest BCUT2D eigenvalue weighted by molar-refractivity contribution is 4.82. The van der Waals surface area contributed by atoms with Crippen LogP contribution in [0, 0.1) is 11.8 Å². The fraction of sp³-hybridized carbons (Fsp3) is 1.00. The highest BCUT2D eigenvalue weighted by atomic mass is 16.3. The van der Waals surface area contributed by atoms with Gasteiger partial charge in [0.05, 0.1) is 6.10 Å². The van der Waals surface area contributed by atoms with E-state index >= 15 is 0 Å². The molecule has 0 amide bonds. The molecule has 1 saturated carbocycles. The fourth-order valence-corrected chi connectivity index (χ4v) is 2.69. The molecule has 0 radical (unpaired) electrons. The van der Waals surface area contributed by atoms with Crippen molar-refractivity contribution in [3.63, 3.8) is 0 Å². The zero-order valence-corrected chi connectivity index (χ0v) is 12.0. The zero-order valence-electron chi connectivity index (χ0n) is 12.0. The molecule has 1 aliphatic carbocycles. The van der Waals surface area contributed by atoms with Crippen LogP contribution in [0.2, 0.25) is 0 Å². The van der Waals surface area contributed by atoms with Crippen molar-refractivity contribution in [2.45, 2.75) is 90.6 Å². The molecule has 0 aliphatic heterocycles. The van der Waals surface area contributed by atoms with E-state index in [1.807, 2.05) is 0 Å². The number of hydrogen-bond acceptors (Lipinski definition) is 1. The van der Waals surface area contributed by atoms with Gasteiger partial charge in [0.25, 0.3) is 0 Å². The molecule has 2 atom stereocenters. The third-order valence-corrected chi connectivity index (χ3v) is 4.33. The van der Waals surface area contributed by atoms with E-state index in [0.717, 1.165) is 12.3 Å². The second-order valence-corrected chi connectivity index (χ2v) is 6.03. The first-order valence-corrected chi connectivity index (χ1v) is 7.93. The molecule has 17 heavy (non-hydrogen) atoms. The molecule has 0 saturated heterocycles. The van der Waals surface area contributed by atoms with E-state index in [2.05, 4.69) is 13.8 Å². The highest BCUT2D eigenvalue weighted by Gasteiger charge is 2.31. The molecule has 0 aromatic carbocycles. The van der Waals surface area contributed by atoms with Crippen LogP contribution in [0.25, 0.3) is 0 Å². The van der Waals surface area contributed by atoms with Crippen molar-refractivity contribution in [2.24, 2.45) is 11.8 Å². The topological polar surface area (TPSA) is 20.2 Å². The molecule has 1 aliphatic rings. The van der Waals surface area contributed by atoms with Gasteiger partial charge in [-0.2, -0.15) is 0 Å². The highest BCUT2D eigenvalue weighted by Crippen LogP contribution is 2.39. The number of rotatable bonds is 11. The molecule has 2 unspecified atom stereocenters. The smallest absolute Gasteiger partial charge is 0.0568 e. The first-order chi connectivity index (χ1) is 8.25. The second kappa shape index (κ2) is 8.97. The Hall–Kier alpha value is -0.0400. The van der Waals surface area contributed by atoms with Crippen LogP contribution in [0.1, 0.15) is 84.5 Å². The Morgan fingerprint density at radius 1 is 0.941 bits per heavy atom. The summed E-state index contributed by atoms with van der Waals surface area (Å²) < 4.78 is 0. The molecule has 102 valence electrons. The summed E-state index contributed by atoms with van der Waals surface area (Å²) in [5.74, 6) is 1.40. The lowest BCUT2D eigenvalue weighted by Gasteiger charge is -2.17. The predicted molar refractivity (Wildman–Crippen MR) is 75.1 cm³/mol. The maximum absolute atomic E-state index is 10.0. The molecule has 0 spiro atoms. The SMILES string of the molecule is CCCCCCCCCCC(O)C(C)C1CC1. The van der Waals surface area contributed by atoms with Crippen molar-refractivity contribution < 1.29 is 5.11 Å². The zero-order chi connectivity index (χ0) is 12.5. The Balaban J connectivity index is 1.83. The van der Waals surface area contributed by atoms with Gasteiger partial charge in [0.2, 0.25) is 0 Å². The van der Waals surface area contributed by atoms with Gasteiger partial charge in [-0.05, 0) is 31.1 Å². The van der Waals surface area contributed by atoms with Crippen LogP contribution in [0.5, 0.6) is 0 Å². The first-order valence-electron chi connectivity index (χ1n) is 7.93. The quantitative estimate of drug-likeness (QED) is 0.508. The van der Waals surface area contributed by atoms with Crippen LogP contribution in [0.15, 0.2) is 0 Å². The summed E-state index contributed by atoms with van der Waals surface area (Å²) in [4.78, 5) is 0. The Bertz CT molecular complexity index is 174. The van der Waals surface area contributed by atoms with Crippen molar-refractivity contribution in [3.8, 4) is 0 Å². The fourth-order valence-electron chi connectivity index (χ4n) is 2.69. The minimum atomic E-state index is -0.0254. The van der Waals surface area contributed by atoms with E-state index in [4.69, 9.17) is 0 Å². The second-order valence-electron chi connectivity index (χ2n) is 6.03. The van der Waals surface area contributed by atoms with Crippen molar-refractivity contribution in [3.05, 3.63) is 0 Å². The lowest BCUT2D eigenvalue weighted by Crippen LogP contribution is -2.19. The van der Waals surface area contributed by atoms with Gasteiger partial charge >= 0.3 is 0 Å². The van der Waals surface area contributed by atoms with Gasteiger partial charge in [0.1, 0.15) is 0 Å². The van der Waals surface area contributed by atoms with Crippen LogP contribution in [-0.4, -0.2) is 11.2 Å². The normalized spacial score (nSPS) is 19.2. The van der Waals surface area contributed by atoms with Crippen molar-refractivity contribution in [1.82, 2.24) is 0 Å². The molecular formula is C16H32O. The lowest BCUT2D eigenvalue weighted by molar-refractivity contribution is 0.0936. The average molecular weight is 240 g/mol. The molecule has 1 heteroatoms. The number of unbranched alkanes of at least 4 members (excludes halogenated alkanes) is 7. The Kier molecular flexibility index (Phi) is 7.92. The summed E-state index contributed by atoms with van der Waals surface area (Å²) in [6.07, 6.45) is 14.6. The minimum absolute atomic E-state index is 0.0254. The van der Waals surface area contributed by atoms with Crippen LogP contribution in [-0.2, 0) is 0 Å². The van der Waals surface area contributed by atoms with Crippen molar-refractivity contribution in [2.75, 3.05) is 0 Å². The minimum Gasteiger partial charge on any atom is -0.393 e. The number of aliphatic hydroxyl groups excluding tert-OH is 1. The summed E-state index contributed by atoms with van der Waals surface area (Å²) in [6.45, 7) is 4.50. The van der Waals surface area contributed by atoms with Gasteiger partial charge in [-0.1, -0.05) is 65.2 Å². The largest absolute Gasteiger partial charge is 0.393 e. The molecule has 0 bridgehead atoms. The molecule has 1 fully saturated rings. The average Bonchev–Trinajstić information content (AvgIpc) is 3.15. The summed E-state index contributed by atoms with van der Waals surface area (Å²) >= 11 is 0. The third kappa shape index (κ3) is 7.08. The van der Waals surface area contributed by atoms with Crippen LogP contribution >= 0.6 is 0 Å². The molecule has 0 aromatic rings. The maximum Gasteiger partial charge on any atom is 0.0568 e. The lowest BCUT2D eigenvalue weighted by atomic mass is 9.94. The molecule has 0 heterocycles. The maximum atomic E-state index is 10.0. The van der Waals surface area contributed by atoms with E-state index in [9.17, 15) is 5.11 Å². The Morgan fingerprint density at radius 3 is 2.00 bits per heavy atom. The van der Waals surface area contributed by atoms with Crippen LogP contribution in [0.3, 0.4) is 0 Å². The third-order valence-electron chi connectivity index (χ3n) is 4.33. The summed E-state index contributed by atoms with van der Waals surface area (Å²) in [6, 6.07) is 0. The molecule has 0 aromatic heterocycles. The van der Waals surface area contributed by atoms with Crippen LogP contribution in [0.4, 0.5) is 0 Å². The van der Waals surface area contributed by atoms with E-state index in [1.165, 1.54) is 64.2 Å². The summed E-state index contributed by atoms with van der Waals surface area (Å²) in [7, 11) is 0. The van der Waals surface area contributed by atoms with Crippen molar-refractivity contribution in [1.29, 1.82) is 0 Å². The van der Waals surface area contributed by atoms with Gasteiger partial charge in [0, 0.05) is 0 Å². The van der Waals surface area contributed by atoms with E-state index in [1.54, 1.807) is 0 Å². The summed E-state index contributed by atoms with van der Waals surface area (Å²) in [5.41, 5.74) is 0. The Labute approximate surface area is 108 Å².